The van der Waals surface area contributed by atoms with Crippen LogP contribution in [0.2, 0.25) is 5.02 Å². The fourth-order valence-electron chi connectivity index (χ4n) is 3.42. The Morgan fingerprint density at radius 2 is 1.77 bits per heavy atom. The molecular weight excluding hydrogens is 418 g/mol. The Balaban J connectivity index is 1.90. The number of methoxy groups -OCH3 is 3. The van der Waals surface area contributed by atoms with Gasteiger partial charge in [-0.1, -0.05) is 31.5 Å². The molecule has 0 fully saturated rings. The molecule has 1 heterocycles. The highest BCUT2D eigenvalue weighted by atomic mass is 35.5. The molecule has 7 nitrogen and oxygen atoms in total. The first kappa shape index (κ1) is 22.5. The second-order valence-corrected chi connectivity index (χ2v) is 7.62. The van der Waals surface area contributed by atoms with Crippen LogP contribution in [0.4, 0.5) is 0 Å². The first-order chi connectivity index (χ1) is 14.9. The average Bonchev–Trinajstić information content (AvgIpc) is 3.22. The Labute approximate surface area is 186 Å². The number of hydrogen-bond acceptors (Lipinski definition) is 5. The molecule has 1 N–H and O–H groups in total. The number of carbonyl (C=O) groups is 1. The van der Waals surface area contributed by atoms with Crippen molar-refractivity contribution in [3.63, 3.8) is 0 Å². The Morgan fingerprint density at radius 1 is 1.10 bits per heavy atom. The maximum atomic E-state index is 13.1. The van der Waals surface area contributed by atoms with E-state index in [-0.39, 0.29) is 18.4 Å². The topological polar surface area (TPSA) is 74.6 Å². The van der Waals surface area contributed by atoms with Crippen molar-refractivity contribution >= 4 is 17.5 Å². The van der Waals surface area contributed by atoms with E-state index in [2.05, 4.69) is 10.4 Å². The van der Waals surface area contributed by atoms with Gasteiger partial charge >= 0.3 is 0 Å². The van der Waals surface area contributed by atoms with Crippen LogP contribution in [0.25, 0.3) is 5.69 Å². The lowest BCUT2D eigenvalue weighted by Crippen LogP contribution is -2.24. The smallest absolute Gasteiger partial charge is 0.255 e. The maximum absolute atomic E-state index is 13.1. The predicted molar refractivity (Wildman–Crippen MR) is 120 cm³/mol. The zero-order valence-electron chi connectivity index (χ0n) is 18.2. The molecular formula is C23H26ClN3O4. The lowest BCUT2D eigenvalue weighted by atomic mass is 10.0. The molecule has 1 amide bonds. The van der Waals surface area contributed by atoms with Gasteiger partial charge in [0, 0.05) is 17.2 Å². The van der Waals surface area contributed by atoms with Crippen LogP contribution in [0.5, 0.6) is 17.2 Å². The fourth-order valence-corrected chi connectivity index (χ4v) is 3.60. The third-order valence-corrected chi connectivity index (χ3v) is 5.13. The van der Waals surface area contributed by atoms with Crippen LogP contribution in [-0.4, -0.2) is 37.0 Å². The van der Waals surface area contributed by atoms with Crippen molar-refractivity contribution in [2.24, 2.45) is 0 Å². The molecule has 2 aromatic carbocycles. The van der Waals surface area contributed by atoms with E-state index in [1.54, 1.807) is 50.4 Å². The summed E-state index contributed by atoms with van der Waals surface area (Å²) >= 11 is 6.14. The van der Waals surface area contributed by atoms with Crippen LogP contribution < -0.4 is 19.5 Å². The van der Waals surface area contributed by atoms with E-state index in [0.717, 1.165) is 11.4 Å². The van der Waals surface area contributed by atoms with Crippen LogP contribution in [0.1, 0.15) is 41.4 Å². The average molecular weight is 444 g/mol. The number of hydrogen-bond donors (Lipinski definition) is 1. The van der Waals surface area contributed by atoms with Gasteiger partial charge in [0.25, 0.3) is 5.91 Å². The van der Waals surface area contributed by atoms with Crippen molar-refractivity contribution in [2.45, 2.75) is 26.3 Å². The predicted octanol–water partition coefficient (Wildman–Crippen LogP) is 4.60. The number of aromatic nitrogens is 2. The zero-order chi connectivity index (χ0) is 22.5. The summed E-state index contributed by atoms with van der Waals surface area (Å²) in [6.07, 6.45) is 1.58. The molecule has 0 aliphatic heterocycles. The molecule has 0 spiro atoms. The van der Waals surface area contributed by atoms with E-state index in [1.807, 2.05) is 32.0 Å². The molecule has 3 aromatic rings. The van der Waals surface area contributed by atoms with Gasteiger partial charge in [-0.25, -0.2) is 4.68 Å². The van der Waals surface area contributed by atoms with Gasteiger partial charge < -0.3 is 19.5 Å². The Hall–Kier alpha value is -3.19. The molecule has 0 unspecified atom stereocenters. The Morgan fingerprint density at radius 3 is 2.32 bits per heavy atom. The van der Waals surface area contributed by atoms with Gasteiger partial charge in [0.2, 0.25) is 0 Å². The number of benzene rings is 2. The summed E-state index contributed by atoms with van der Waals surface area (Å²) in [4.78, 5) is 13.1. The number of nitrogens with zero attached hydrogens (tertiary/aromatic N) is 2. The van der Waals surface area contributed by atoms with Gasteiger partial charge in [0.15, 0.2) is 0 Å². The highest BCUT2D eigenvalue weighted by Gasteiger charge is 2.22. The summed E-state index contributed by atoms with van der Waals surface area (Å²) in [5.41, 5.74) is 2.82. The van der Waals surface area contributed by atoms with Crippen molar-refractivity contribution < 1.29 is 19.0 Å². The second kappa shape index (κ2) is 9.75. The van der Waals surface area contributed by atoms with E-state index in [9.17, 15) is 4.79 Å². The molecule has 0 saturated heterocycles. The minimum absolute atomic E-state index is 0.0623. The van der Waals surface area contributed by atoms with Gasteiger partial charge in [0.1, 0.15) is 17.2 Å². The normalized spacial score (nSPS) is 10.8. The van der Waals surface area contributed by atoms with E-state index in [4.69, 9.17) is 25.8 Å². The summed E-state index contributed by atoms with van der Waals surface area (Å²) in [7, 11) is 4.69. The minimum Gasteiger partial charge on any atom is -0.496 e. The number of carbonyl (C=O) groups excluding carboxylic acids is 1. The molecule has 0 bridgehead atoms. The summed E-state index contributed by atoms with van der Waals surface area (Å²) in [6.45, 7) is 4.25. The van der Waals surface area contributed by atoms with E-state index < -0.39 is 0 Å². The second-order valence-electron chi connectivity index (χ2n) is 7.18. The largest absolute Gasteiger partial charge is 0.496 e. The van der Waals surface area contributed by atoms with Crippen LogP contribution in [-0.2, 0) is 6.54 Å². The fraction of sp³-hybridized carbons (Fsp3) is 0.304. The van der Waals surface area contributed by atoms with Crippen molar-refractivity contribution in [1.29, 1.82) is 0 Å². The van der Waals surface area contributed by atoms with Gasteiger partial charge in [-0.05, 0) is 24.1 Å². The van der Waals surface area contributed by atoms with E-state index in [1.165, 1.54) is 0 Å². The monoisotopic (exact) mass is 443 g/mol. The van der Waals surface area contributed by atoms with Crippen molar-refractivity contribution in [1.82, 2.24) is 15.1 Å². The maximum Gasteiger partial charge on any atom is 0.255 e. The number of halogens is 1. The lowest BCUT2D eigenvalue weighted by Gasteiger charge is -2.16. The van der Waals surface area contributed by atoms with Crippen LogP contribution in [0, 0.1) is 0 Å². The minimum atomic E-state index is -0.239. The highest BCUT2D eigenvalue weighted by Crippen LogP contribution is 2.34. The van der Waals surface area contributed by atoms with Crippen molar-refractivity contribution in [3.8, 4) is 22.9 Å². The lowest BCUT2D eigenvalue weighted by molar-refractivity contribution is 0.0949. The molecule has 8 heteroatoms. The van der Waals surface area contributed by atoms with Gasteiger partial charge in [0.05, 0.1) is 56.6 Å². The summed E-state index contributed by atoms with van der Waals surface area (Å²) in [5.74, 6) is 1.56. The number of rotatable bonds is 8. The van der Waals surface area contributed by atoms with Crippen molar-refractivity contribution in [2.75, 3.05) is 21.3 Å². The molecule has 0 atom stereocenters. The van der Waals surface area contributed by atoms with Crippen LogP contribution >= 0.6 is 11.6 Å². The van der Waals surface area contributed by atoms with Gasteiger partial charge in [-0.2, -0.15) is 5.10 Å². The zero-order valence-corrected chi connectivity index (χ0v) is 19.0. The summed E-state index contributed by atoms with van der Waals surface area (Å²) in [5, 5.41) is 8.00. The third-order valence-electron chi connectivity index (χ3n) is 4.89. The molecule has 0 aliphatic carbocycles. The molecule has 164 valence electrons. The first-order valence-corrected chi connectivity index (χ1v) is 10.2. The highest BCUT2D eigenvalue weighted by molar-refractivity contribution is 6.30. The van der Waals surface area contributed by atoms with Crippen molar-refractivity contribution in [3.05, 3.63) is 64.4 Å². The quantitative estimate of drug-likeness (QED) is 0.550. The van der Waals surface area contributed by atoms with Crippen LogP contribution in [0.15, 0.2) is 42.6 Å². The summed E-state index contributed by atoms with van der Waals surface area (Å²) in [6, 6.07) is 10.9. The SMILES string of the molecule is COc1cc(OC)c(CNC(=O)c2cnn(-c3cccc(Cl)c3)c2C(C)C)c(OC)c1. The van der Waals surface area contributed by atoms with E-state index >= 15 is 0 Å². The molecule has 1 aromatic heterocycles. The standard InChI is InChI=1S/C23H26ClN3O4/c1-14(2)22-19(13-26-27(22)16-8-6-7-15(24)9-16)23(28)25-12-18-20(30-4)10-17(29-3)11-21(18)31-5/h6-11,13-14H,12H2,1-5H3,(H,25,28). The third kappa shape index (κ3) is 4.77. The molecule has 0 radical (unpaired) electrons. The van der Waals surface area contributed by atoms with Gasteiger partial charge in [-0.15, -0.1) is 0 Å². The molecule has 0 aliphatic rings. The van der Waals surface area contributed by atoms with Crippen LogP contribution in [0.3, 0.4) is 0 Å². The number of ether oxygens (including phenoxy) is 3. The Kier molecular flexibility index (Phi) is 7.07. The van der Waals surface area contributed by atoms with E-state index in [0.29, 0.717) is 33.4 Å². The molecule has 0 saturated carbocycles. The molecule has 31 heavy (non-hydrogen) atoms. The Bertz CT molecular complexity index is 1050. The first-order valence-electron chi connectivity index (χ1n) is 9.80. The molecule has 3 rings (SSSR count). The number of amides is 1. The summed E-state index contributed by atoms with van der Waals surface area (Å²) < 4.78 is 18.0. The van der Waals surface area contributed by atoms with Gasteiger partial charge in [-0.3, -0.25) is 4.79 Å². The number of nitrogens with one attached hydrogen (secondary N) is 1.